The van der Waals surface area contributed by atoms with E-state index in [2.05, 4.69) is 58.2 Å². The Kier molecular flexibility index (Phi) is 37.7. The van der Waals surface area contributed by atoms with Crippen LogP contribution in [0.25, 0.3) is 0 Å². The van der Waals surface area contributed by atoms with Crippen LogP contribution >= 0.6 is 0 Å². The van der Waals surface area contributed by atoms with Gasteiger partial charge in [-0.05, 0) is 137 Å². The first-order chi connectivity index (χ1) is 56.3. The van der Waals surface area contributed by atoms with Gasteiger partial charge in [-0.1, -0.05) is 104 Å². The van der Waals surface area contributed by atoms with E-state index in [1.807, 2.05) is 0 Å². The van der Waals surface area contributed by atoms with Gasteiger partial charge in [-0.15, -0.1) is 0 Å². The molecule has 15 amide bonds. The summed E-state index contributed by atoms with van der Waals surface area (Å²) in [7, 11) is 0. The van der Waals surface area contributed by atoms with Crippen molar-refractivity contribution in [2.24, 2.45) is 51.6 Å². The number of phenols is 1. The number of nitrogens with zero attached hydrogens (tertiary/aromatic N) is 5. The molecule has 0 aliphatic carbocycles. The van der Waals surface area contributed by atoms with E-state index in [0.29, 0.717) is 36.8 Å². The summed E-state index contributed by atoms with van der Waals surface area (Å²) in [4.78, 5) is 243. The number of rotatable bonds is 45. The average Bonchev–Trinajstić information content (AvgIpc) is 1.72. The van der Waals surface area contributed by atoms with E-state index in [4.69, 9.17) is 22.9 Å². The van der Waals surface area contributed by atoms with Gasteiger partial charge in [-0.2, -0.15) is 0 Å². The quantitative estimate of drug-likeness (QED) is 0.0182. The molecule has 4 heterocycles. The summed E-state index contributed by atoms with van der Waals surface area (Å²) < 4.78 is 0. The molecule has 21 N–H and O–H groups in total. The van der Waals surface area contributed by atoms with E-state index in [0.717, 1.165) is 4.90 Å². The molecular formula is C80H121N19O20. The Bertz CT molecular complexity index is 3960. The van der Waals surface area contributed by atoms with Crippen LogP contribution in [-0.2, 0) is 94.3 Å². The number of nitrogens with one attached hydrogen (secondary N) is 10. The number of carboxylic acids is 2. The third kappa shape index (κ3) is 29.2. The topological polar surface area (TPSA) is 601 Å². The molecule has 656 valence electrons. The summed E-state index contributed by atoms with van der Waals surface area (Å²) in [5, 5.41) is 55.7. The van der Waals surface area contributed by atoms with E-state index in [1.165, 1.54) is 39.0 Å². The molecule has 0 unspecified atom stereocenters. The number of aliphatic carboxylic acids is 2. The van der Waals surface area contributed by atoms with Crippen molar-refractivity contribution >= 4 is 107 Å². The number of amides is 15. The molecule has 0 aromatic heterocycles. The number of phenolic OH excluding ortho intramolecular Hbond substituents is 1. The minimum absolute atomic E-state index is 0.0101. The van der Waals surface area contributed by atoms with Gasteiger partial charge in [0.2, 0.25) is 88.6 Å². The fourth-order valence-corrected chi connectivity index (χ4v) is 14.9. The first-order valence-electron chi connectivity index (χ1n) is 40.8. The third-order valence-corrected chi connectivity index (χ3v) is 21.6. The second-order valence-corrected chi connectivity index (χ2v) is 32.0. The molecule has 2 aromatic carbocycles. The molecule has 14 atom stereocenters. The highest BCUT2D eigenvalue weighted by atomic mass is 16.4. The number of guanidine groups is 1. The lowest BCUT2D eigenvalue weighted by atomic mass is 9.98. The number of hydrogen-bond donors (Lipinski definition) is 17. The number of aromatic hydroxyl groups is 1. The third-order valence-electron chi connectivity index (χ3n) is 21.6. The normalized spacial score (nSPS) is 18.9. The van der Waals surface area contributed by atoms with E-state index >= 15 is 0 Å². The summed E-state index contributed by atoms with van der Waals surface area (Å²) in [6.45, 7) is 12.6. The molecule has 0 bridgehead atoms. The Hall–Kier alpha value is -11.5. The summed E-state index contributed by atoms with van der Waals surface area (Å²) in [5.41, 5.74) is 24.0. The molecule has 4 fully saturated rings. The van der Waals surface area contributed by atoms with E-state index < -0.39 is 229 Å². The lowest BCUT2D eigenvalue weighted by molar-refractivity contribution is -0.146. The Morgan fingerprint density at radius 3 is 1.34 bits per heavy atom. The van der Waals surface area contributed by atoms with Crippen molar-refractivity contribution in [3.05, 3.63) is 65.7 Å². The van der Waals surface area contributed by atoms with Crippen molar-refractivity contribution in [1.29, 1.82) is 0 Å². The van der Waals surface area contributed by atoms with Gasteiger partial charge in [-0.25, -0.2) is 4.79 Å². The van der Waals surface area contributed by atoms with Crippen LogP contribution in [0.15, 0.2) is 59.6 Å². The summed E-state index contributed by atoms with van der Waals surface area (Å²) >= 11 is 0. The van der Waals surface area contributed by atoms with Crippen LogP contribution < -0.4 is 76.1 Å². The van der Waals surface area contributed by atoms with Crippen molar-refractivity contribution < 1.29 is 96.8 Å². The van der Waals surface area contributed by atoms with Crippen LogP contribution in [0, 0.1) is 23.7 Å². The van der Waals surface area contributed by atoms with E-state index in [1.54, 1.807) is 85.7 Å². The lowest BCUT2D eigenvalue weighted by Crippen LogP contribution is -2.60. The van der Waals surface area contributed by atoms with Crippen LogP contribution in [-0.4, -0.2) is 266 Å². The molecule has 4 aliphatic heterocycles. The molecule has 0 saturated carbocycles. The number of benzene rings is 2. The minimum Gasteiger partial charge on any atom is -0.508 e. The number of carbonyl (C=O) groups excluding carboxylic acids is 15. The number of carboxylic acid groups (broad SMARTS) is 2. The lowest BCUT2D eigenvalue weighted by Gasteiger charge is -2.31. The highest BCUT2D eigenvalue weighted by Crippen LogP contribution is 2.26. The largest absolute Gasteiger partial charge is 0.508 e. The second-order valence-electron chi connectivity index (χ2n) is 32.0. The fraction of sp³-hybridized carbons (Fsp3) is 0.625. The smallest absolute Gasteiger partial charge is 0.326 e. The van der Waals surface area contributed by atoms with Crippen molar-refractivity contribution in [2.45, 2.75) is 250 Å². The van der Waals surface area contributed by atoms with Gasteiger partial charge in [-0.3, -0.25) is 81.7 Å². The van der Waals surface area contributed by atoms with Crippen LogP contribution in [0.1, 0.15) is 169 Å². The summed E-state index contributed by atoms with van der Waals surface area (Å²) in [6, 6.07) is -1.83. The van der Waals surface area contributed by atoms with Gasteiger partial charge >= 0.3 is 11.9 Å². The molecule has 39 nitrogen and oxygen atoms in total. The first-order valence-corrected chi connectivity index (χ1v) is 40.8. The number of likely N-dealkylation sites (tertiary alicyclic amines) is 4. The number of hydrogen-bond acceptors (Lipinski definition) is 20. The molecule has 4 saturated heterocycles. The van der Waals surface area contributed by atoms with Gasteiger partial charge in [0.1, 0.15) is 78.3 Å². The van der Waals surface area contributed by atoms with Crippen molar-refractivity contribution in [2.75, 3.05) is 45.8 Å². The SMILES string of the molecule is CC[C@H](C)[C@H](NC(=O)[C@@H]1CCCN1C(=O)[C@H](Cc1ccccc1)NC(=O)[C@@H]1CCCN1C(=O)CNC(=O)[C@H](CCCN=C(N)N)NC(=O)[C@@H](NC(=O)[C@@H]1CCCN1C(=O)CNC(=O)[C@H](CC(C)C)NC(=O)[C@@H](NC(=O)[C@@H]1CCCN1C(=O)[C@H](CCC(=O)O)NC(=O)[C@H](CCC(N)=O)NC(=O)[C@@H](N)Cc1ccc(O)cc1)C(C)C)C(C)C)C(=O)O. The number of aliphatic imine (C=N–C) groups is 1. The highest BCUT2D eigenvalue weighted by molar-refractivity contribution is 6.01. The standard InChI is InChI=1S/C80H121N19O20/c1-9-46(8)66(79(118)119)95-74(113)59-24-17-37-99(59)78(117)55(40-47-18-11-10-12-19-47)92-71(110)56-21-14-34-96(56)61(102)41-86-68(107)51(20-13-33-85-80(83)84)89-75(114)64(44(4)5)93-72(111)57-22-15-35-97(57)62(103)42-87-69(108)54(38-43(2)3)91-76(115)65(45(6)7)94-73(112)58-23-16-36-98(58)77(116)53(30-32-63(104)105)90-70(109)52(29-31-60(82)101)88-67(106)50(81)39-48-25-27-49(100)28-26-48/h10-12,18-19,25-28,43-46,50-59,64-66,100H,9,13-17,20-24,29-42,81H2,1-8H3,(H2,82,101)(H,86,107)(H,87,108)(H,88,106)(H,89,114)(H,90,109)(H,91,115)(H,92,110)(H,93,111)(H,94,112)(H,95,113)(H,104,105)(H,118,119)(H4,83,84,85)/t46-,50-,51-,52-,53-,54-,55-,56-,57-,58-,59-,64-,65-,66-/m0/s1. The van der Waals surface area contributed by atoms with Crippen LogP contribution in [0.4, 0.5) is 0 Å². The van der Waals surface area contributed by atoms with Gasteiger partial charge in [0.25, 0.3) is 0 Å². The van der Waals surface area contributed by atoms with E-state index in [-0.39, 0.29) is 121 Å². The zero-order valence-corrected chi connectivity index (χ0v) is 69.0. The molecule has 39 heteroatoms. The number of primary amides is 1. The molecule has 0 radical (unpaired) electrons. The molecule has 119 heavy (non-hydrogen) atoms. The fourth-order valence-electron chi connectivity index (χ4n) is 14.9. The second kappa shape index (κ2) is 46.6. The number of nitrogens with two attached hydrogens (primary N) is 4. The van der Waals surface area contributed by atoms with E-state index in [9.17, 15) is 96.8 Å². The minimum atomic E-state index is -1.58. The maximum atomic E-state index is 14.5. The predicted octanol–water partition coefficient (Wildman–Crippen LogP) is -2.75. The Balaban J connectivity index is 1.06. The zero-order valence-electron chi connectivity index (χ0n) is 69.0. The van der Waals surface area contributed by atoms with Gasteiger partial charge in [0.15, 0.2) is 5.96 Å². The van der Waals surface area contributed by atoms with Crippen molar-refractivity contribution in [3.63, 3.8) is 0 Å². The Labute approximate surface area is 691 Å². The van der Waals surface area contributed by atoms with Crippen LogP contribution in [0.5, 0.6) is 5.75 Å². The summed E-state index contributed by atoms with van der Waals surface area (Å²) in [6.07, 6.45) is 0.797. The van der Waals surface area contributed by atoms with Crippen molar-refractivity contribution in [1.82, 2.24) is 72.8 Å². The number of carbonyl (C=O) groups is 17. The highest BCUT2D eigenvalue weighted by Gasteiger charge is 2.45. The molecule has 2 aromatic rings. The molecule has 4 aliphatic rings. The Morgan fingerprint density at radius 2 is 0.882 bits per heavy atom. The predicted molar refractivity (Wildman–Crippen MR) is 432 cm³/mol. The molecular weight excluding hydrogens is 1550 g/mol. The molecule has 0 spiro atoms. The van der Waals surface area contributed by atoms with Gasteiger partial charge in [0, 0.05) is 52.0 Å². The summed E-state index contributed by atoms with van der Waals surface area (Å²) in [5.74, 6) is -16.2. The maximum absolute atomic E-state index is 14.5. The maximum Gasteiger partial charge on any atom is 0.326 e. The zero-order chi connectivity index (χ0) is 88.1. The average molecular weight is 1670 g/mol. The van der Waals surface area contributed by atoms with Crippen LogP contribution in [0.2, 0.25) is 0 Å². The molecule has 6 rings (SSSR count). The van der Waals surface area contributed by atoms with Gasteiger partial charge in [0.05, 0.1) is 19.1 Å². The van der Waals surface area contributed by atoms with Gasteiger partial charge < -0.3 is 111 Å². The van der Waals surface area contributed by atoms with Crippen molar-refractivity contribution in [3.8, 4) is 5.75 Å². The monoisotopic (exact) mass is 1670 g/mol. The Morgan fingerprint density at radius 1 is 0.462 bits per heavy atom. The first kappa shape index (κ1) is 96.3. The van der Waals surface area contributed by atoms with Crippen LogP contribution in [0.3, 0.4) is 0 Å².